The van der Waals surface area contributed by atoms with Crippen molar-refractivity contribution in [2.45, 2.75) is 50.5 Å². The van der Waals surface area contributed by atoms with Gasteiger partial charge in [0.05, 0.1) is 6.61 Å². The molecule has 3 N–H and O–H groups in total. The summed E-state index contributed by atoms with van der Waals surface area (Å²) in [6, 6.07) is 0. The molecule has 6 atom stereocenters. The van der Waals surface area contributed by atoms with Crippen molar-refractivity contribution in [2.24, 2.45) is 0 Å². The summed E-state index contributed by atoms with van der Waals surface area (Å²) in [6.45, 7) is 3.31. The second-order valence-electron chi connectivity index (χ2n) is 4.20. The fourth-order valence-electron chi connectivity index (χ4n) is 2.09. The highest BCUT2D eigenvalue weighted by Gasteiger charge is 2.55. The standard InChI is InChI=1S/C10H18O7/c1-3-14-10(2)16-8-7(13)6(12)5(4-11)15-9(8)17-10/h5-9,11-13H,3-4H2,1-2H3/t5-,6-,7+,8-,9-,10?/m1/s1. The SMILES string of the molecule is CCOC1(C)O[C@H]2O[C@H](CO)[C@@H](O)[C@H](O)[C@H]2O1. The highest BCUT2D eigenvalue weighted by Crippen LogP contribution is 2.36. The molecule has 2 fully saturated rings. The summed E-state index contributed by atoms with van der Waals surface area (Å²) in [6.07, 6.45) is -4.98. The third-order valence-corrected chi connectivity index (χ3v) is 2.91. The van der Waals surface area contributed by atoms with E-state index in [1.807, 2.05) is 0 Å². The number of rotatable bonds is 3. The molecule has 2 heterocycles. The van der Waals surface area contributed by atoms with Gasteiger partial charge in [0.1, 0.15) is 24.4 Å². The minimum Gasteiger partial charge on any atom is -0.394 e. The molecule has 0 radical (unpaired) electrons. The van der Waals surface area contributed by atoms with Crippen molar-refractivity contribution in [3.05, 3.63) is 0 Å². The largest absolute Gasteiger partial charge is 0.394 e. The van der Waals surface area contributed by atoms with Crippen LogP contribution in [0.1, 0.15) is 13.8 Å². The van der Waals surface area contributed by atoms with Crippen LogP contribution in [0.2, 0.25) is 0 Å². The zero-order valence-corrected chi connectivity index (χ0v) is 9.78. The Bertz CT molecular complexity index is 273. The van der Waals surface area contributed by atoms with Gasteiger partial charge >= 0.3 is 0 Å². The van der Waals surface area contributed by atoms with Crippen LogP contribution in [0, 0.1) is 0 Å². The summed E-state index contributed by atoms with van der Waals surface area (Å²) >= 11 is 0. The Morgan fingerprint density at radius 1 is 1.24 bits per heavy atom. The van der Waals surface area contributed by atoms with Gasteiger partial charge in [-0.1, -0.05) is 0 Å². The van der Waals surface area contributed by atoms with Crippen LogP contribution < -0.4 is 0 Å². The van der Waals surface area contributed by atoms with Crippen LogP contribution in [0.3, 0.4) is 0 Å². The van der Waals surface area contributed by atoms with E-state index in [9.17, 15) is 10.2 Å². The van der Waals surface area contributed by atoms with Gasteiger partial charge in [-0.2, -0.15) is 0 Å². The molecule has 17 heavy (non-hydrogen) atoms. The first-order chi connectivity index (χ1) is 8.00. The monoisotopic (exact) mass is 250 g/mol. The lowest BCUT2D eigenvalue weighted by Gasteiger charge is -2.36. The van der Waals surface area contributed by atoms with Crippen molar-refractivity contribution < 1.29 is 34.3 Å². The Kier molecular flexibility index (Phi) is 3.69. The van der Waals surface area contributed by atoms with Crippen molar-refractivity contribution in [3.63, 3.8) is 0 Å². The molecule has 100 valence electrons. The molecule has 0 aromatic rings. The molecule has 2 rings (SSSR count). The second-order valence-corrected chi connectivity index (χ2v) is 4.20. The number of hydrogen-bond acceptors (Lipinski definition) is 7. The zero-order chi connectivity index (χ0) is 12.6. The smallest absolute Gasteiger partial charge is 0.282 e. The van der Waals surface area contributed by atoms with Crippen LogP contribution in [0.15, 0.2) is 0 Å². The number of aliphatic hydroxyl groups is 3. The molecule has 2 aliphatic heterocycles. The molecular weight excluding hydrogens is 232 g/mol. The van der Waals surface area contributed by atoms with Crippen LogP contribution in [0.4, 0.5) is 0 Å². The molecule has 0 bridgehead atoms. The minimum absolute atomic E-state index is 0.373. The van der Waals surface area contributed by atoms with Crippen LogP contribution in [-0.4, -0.2) is 65.2 Å². The van der Waals surface area contributed by atoms with Gasteiger partial charge in [0, 0.05) is 13.5 Å². The van der Waals surface area contributed by atoms with Crippen LogP contribution in [0.25, 0.3) is 0 Å². The van der Waals surface area contributed by atoms with Gasteiger partial charge in [0.2, 0.25) is 0 Å². The summed E-state index contributed by atoms with van der Waals surface area (Å²) < 4.78 is 21.4. The summed E-state index contributed by atoms with van der Waals surface area (Å²) in [5, 5.41) is 28.5. The van der Waals surface area contributed by atoms with Crippen molar-refractivity contribution in [1.82, 2.24) is 0 Å². The zero-order valence-electron chi connectivity index (χ0n) is 9.78. The molecule has 7 heteroatoms. The quantitative estimate of drug-likeness (QED) is 0.563. The van der Waals surface area contributed by atoms with Gasteiger partial charge in [-0.15, -0.1) is 0 Å². The minimum atomic E-state index is -1.30. The van der Waals surface area contributed by atoms with Gasteiger partial charge in [-0.3, -0.25) is 4.74 Å². The van der Waals surface area contributed by atoms with Crippen molar-refractivity contribution in [1.29, 1.82) is 0 Å². The first-order valence-electron chi connectivity index (χ1n) is 5.63. The van der Waals surface area contributed by atoms with Crippen LogP contribution in [-0.2, 0) is 18.9 Å². The summed E-state index contributed by atoms with van der Waals surface area (Å²) in [5.74, 6) is -1.30. The van der Waals surface area contributed by atoms with Crippen LogP contribution >= 0.6 is 0 Å². The Morgan fingerprint density at radius 3 is 2.53 bits per heavy atom. The van der Waals surface area contributed by atoms with Crippen molar-refractivity contribution in [3.8, 4) is 0 Å². The Labute approximate surface area is 98.8 Å². The predicted octanol–water partition coefficient (Wildman–Crippen LogP) is -1.45. The van der Waals surface area contributed by atoms with Gasteiger partial charge in [-0.05, 0) is 6.92 Å². The Morgan fingerprint density at radius 2 is 1.94 bits per heavy atom. The molecule has 2 aliphatic rings. The lowest BCUT2D eigenvalue weighted by molar-refractivity contribution is -0.342. The van der Waals surface area contributed by atoms with Gasteiger partial charge < -0.3 is 29.5 Å². The van der Waals surface area contributed by atoms with E-state index in [1.54, 1.807) is 13.8 Å². The second kappa shape index (κ2) is 4.77. The number of hydrogen-bond donors (Lipinski definition) is 3. The van der Waals surface area contributed by atoms with E-state index < -0.39 is 43.3 Å². The molecule has 2 saturated heterocycles. The molecule has 0 spiro atoms. The molecule has 0 aromatic carbocycles. The van der Waals surface area contributed by atoms with Gasteiger partial charge in [0.25, 0.3) is 5.97 Å². The lowest BCUT2D eigenvalue weighted by Crippen LogP contribution is -2.57. The maximum Gasteiger partial charge on any atom is 0.282 e. The highest BCUT2D eigenvalue weighted by atomic mass is 16.9. The van der Waals surface area contributed by atoms with Crippen molar-refractivity contribution in [2.75, 3.05) is 13.2 Å². The van der Waals surface area contributed by atoms with Crippen molar-refractivity contribution >= 4 is 0 Å². The van der Waals surface area contributed by atoms with Gasteiger partial charge in [-0.25, -0.2) is 0 Å². The Balaban J connectivity index is 2.09. The van der Waals surface area contributed by atoms with E-state index >= 15 is 0 Å². The molecule has 0 aliphatic carbocycles. The summed E-state index contributed by atoms with van der Waals surface area (Å²) in [4.78, 5) is 0. The topological polar surface area (TPSA) is 97.6 Å². The van der Waals surface area contributed by atoms with E-state index in [2.05, 4.69) is 0 Å². The van der Waals surface area contributed by atoms with E-state index in [0.717, 1.165) is 0 Å². The lowest BCUT2D eigenvalue weighted by atomic mass is 9.99. The van der Waals surface area contributed by atoms with Gasteiger partial charge in [0.15, 0.2) is 6.29 Å². The molecule has 7 nitrogen and oxygen atoms in total. The normalized spacial score (nSPS) is 50.3. The summed E-state index contributed by atoms with van der Waals surface area (Å²) in [7, 11) is 0. The highest BCUT2D eigenvalue weighted by molar-refractivity contribution is 4.93. The number of fused-ring (bicyclic) bond motifs is 1. The first-order valence-corrected chi connectivity index (χ1v) is 5.63. The fraction of sp³-hybridized carbons (Fsp3) is 1.00. The maximum absolute atomic E-state index is 9.85. The average molecular weight is 250 g/mol. The van der Waals surface area contributed by atoms with E-state index in [1.165, 1.54) is 0 Å². The molecule has 0 amide bonds. The predicted molar refractivity (Wildman–Crippen MR) is 53.7 cm³/mol. The van der Waals surface area contributed by atoms with E-state index in [4.69, 9.17) is 24.1 Å². The molecule has 0 saturated carbocycles. The fourth-order valence-corrected chi connectivity index (χ4v) is 2.09. The maximum atomic E-state index is 9.85. The average Bonchev–Trinajstić information content (AvgIpc) is 2.61. The van der Waals surface area contributed by atoms with E-state index in [0.29, 0.717) is 6.61 Å². The Hall–Kier alpha value is -0.280. The molecule has 0 aromatic heterocycles. The third-order valence-electron chi connectivity index (χ3n) is 2.91. The molecule has 1 unspecified atom stereocenters. The number of ether oxygens (including phenoxy) is 4. The first kappa shape index (κ1) is 13.2. The van der Waals surface area contributed by atoms with Crippen LogP contribution in [0.5, 0.6) is 0 Å². The van der Waals surface area contributed by atoms with E-state index in [-0.39, 0.29) is 0 Å². The molecular formula is C10H18O7. The summed E-state index contributed by atoms with van der Waals surface area (Å²) in [5.41, 5.74) is 0. The third kappa shape index (κ3) is 2.32. The number of aliphatic hydroxyl groups excluding tert-OH is 3.